The molecule has 1 atom stereocenters. The van der Waals surface area contributed by atoms with Crippen LogP contribution in [0.3, 0.4) is 0 Å². The minimum Gasteiger partial charge on any atom is -0.461 e. The lowest BCUT2D eigenvalue weighted by Crippen LogP contribution is -2.34. The molecule has 0 aromatic heterocycles. The maximum absolute atomic E-state index is 10.8. The third-order valence-corrected chi connectivity index (χ3v) is 3.73. The number of nitrogens with one attached hydrogen (secondary N) is 1. The van der Waals surface area contributed by atoms with Crippen LogP contribution in [0, 0.1) is 0 Å². The smallest absolute Gasteiger partial charge is 0.302 e. The number of anilines is 1. The quantitative estimate of drug-likeness (QED) is 0.657. The van der Waals surface area contributed by atoms with Crippen LogP contribution in [0.25, 0.3) is 0 Å². The van der Waals surface area contributed by atoms with Crippen molar-refractivity contribution in [2.45, 2.75) is 71.9 Å². The molecule has 1 N–H and O–H groups in total. The van der Waals surface area contributed by atoms with Crippen molar-refractivity contribution < 1.29 is 9.53 Å². The summed E-state index contributed by atoms with van der Waals surface area (Å²) >= 11 is 0. The van der Waals surface area contributed by atoms with Crippen molar-refractivity contribution >= 4 is 11.7 Å². The highest BCUT2D eigenvalue weighted by Crippen LogP contribution is 2.25. The Balaban J connectivity index is 2.64. The molecule has 0 radical (unpaired) electrons. The Hall–Kier alpha value is -1.51. The molecule has 1 aromatic carbocycles. The molecule has 0 amide bonds. The van der Waals surface area contributed by atoms with Crippen LogP contribution < -0.4 is 5.32 Å². The van der Waals surface area contributed by atoms with E-state index in [0.717, 1.165) is 11.3 Å². The molecule has 0 fully saturated rings. The van der Waals surface area contributed by atoms with Crippen LogP contribution in [0.1, 0.15) is 65.4 Å². The number of benzene rings is 1. The predicted octanol–water partition coefficient (Wildman–Crippen LogP) is 4.91. The van der Waals surface area contributed by atoms with E-state index in [1.165, 1.54) is 39.0 Å². The standard InChI is InChI=1S/C18H29NO2/c1-5-7-13-18(4,12-6-2)19-17-10-8-16(9-11-17)14-21-15(3)20/h8-11,19H,5-7,12-14H2,1-4H3. The van der Waals surface area contributed by atoms with E-state index in [1.807, 2.05) is 12.1 Å². The molecular weight excluding hydrogens is 262 g/mol. The summed E-state index contributed by atoms with van der Waals surface area (Å²) in [7, 11) is 0. The average Bonchev–Trinajstić information content (AvgIpc) is 2.45. The number of hydrogen-bond donors (Lipinski definition) is 1. The van der Waals surface area contributed by atoms with Gasteiger partial charge in [-0.15, -0.1) is 0 Å². The van der Waals surface area contributed by atoms with Crippen molar-refractivity contribution in [3.63, 3.8) is 0 Å². The Morgan fingerprint density at radius 1 is 1.14 bits per heavy atom. The molecule has 0 aliphatic rings. The normalized spacial score (nSPS) is 13.5. The van der Waals surface area contributed by atoms with Crippen LogP contribution in [0.2, 0.25) is 0 Å². The maximum atomic E-state index is 10.8. The van der Waals surface area contributed by atoms with Crippen molar-refractivity contribution in [1.82, 2.24) is 0 Å². The predicted molar refractivity (Wildman–Crippen MR) is 88.4 cm³/mol. The van der Waals surface area contributed by atoms with Gasteiger partial charge in [-0.25, -0.2) is 0 Å². The number of carbonyl (C=O) groups excluding carboxylic acids is 1. The van der Waals surface area contributed by atoms with Gasteiger partial charge in [-0.1, -0.05) is 45.2 Å². The monoisotopic (exact) mass is 291 g/mol. The Bertz CT molecular complexity index is 427. The molecule has 0 aliphatic carbocycles. The molecule has 0 saturated heterocycles. The Morgan fingerprint density at radius 3 is 2.33 bits per heavy atom. The minimum absolute atomic E-state index is 0.155. The number of esters is 1. The van der Waals surface area contributed by atoms with E-state index >= 15 is 0 Å². The maximum Gasteiger partial charge on any atom is 0.302 e. The summed E-state index contributed by atoms with van der Waals surface area (Å²) < 4.78 is 5.00. The van der Waals surface area contributed by atoms with Gasteiger partial charge in [-0.2, -0.15) is 0 Å². The van der Waals surface area contributed by atoms with Crippen LogP contribution in [-0.2, 0) is 16.1 Å². The second-order valence-electron chi connectivity index (χ2n) is 6.02. The summed E-state index contributed by atoms with van der Waals surface area (Å²) in [5, 5.41) is 3.68. The first kappa shape index (κ1) is 17.5. The molecule has 118 valence electrons. The van der Waals surface area contributed by atoms with Crippen molar-refractivity contribution in [1.29, 1.82) is 0 Å². The lowest BCUT2D eigenvalue weighted by atomic mass is 9.89. The first-order valence-electron chi connectivity index (χ1n) is 7.99. The largest absolute Gasteiger partial charge is 0.461 e. The Kier molecular flexibility index (Phi) is 7.27. The zero-order chi connectivity index (χ0) is 15.7. The van der Waals surface area contributed by atoms with Crippen molar-refractivity contribution in [2.24, 2.45) is 0 Å². The third-order valence-electron chi connectivity index (χ3n) is 3.73. The van der Waals surface area contributed by atoms with Crippen LogP contribution in [0.5, 0.6) is 0 Å². The molecule has 0 bridgehead atoms. The molecule has 3 heteroatoms. The molecule has 21 heavy (non-hydrogen) atoms. The van der Waals surface area contributed by atoms with Crippen LogP contribution in [0.4, 0.5) is 5.69 Å². The number of hydrogen-bond acceptors (Lipinski definition) is 3. The van der Waals surface area contributed by atoms with E-state index in [9.17, 15) is 4.79 Å². The van der Waals surface area contributed by atoms with Crippen molar-refractivity contribution in [3.05, 3.63) is 29.8 Å². The van der Waals surface area contributed by atoms with E-state index in [1.54, 1.807) is 0 Å². The van der Waals surface area contributed by atoms with E-state index in [-0.39, 0.29) is 11.5 Å². The summed E-state index contributed by atoms with van der Waals surface area (Å²) in [5.41, 5.74) is 2.30. The number of unbranched alkanes of at least 4 members (excludes halogenated alkanes) is 1. The van der Waals surface area contributed by atoms with Gasteiger partial charge in [0.2, 0.25) is 0 Å². The summed E-state index contributed by atoms with van der Waals surface area (Å²) in [6, 6.07) is 8.16. The Morgan fingerprint density at radius 2 is 1.81 bits per heavy atom. The Labute approximate surface area is 129 Å². The topological polar surface area (TPSA) is 38.3 Å². The van der Waals surface area contributed by atoms with Crippen LogP contribution in [-0.4, -0.2) is 11.5 Å². The van der Waals surface area contributed by atoms with E-state index in [0.29, 0.717) is 6.61 Å². The zero-order valence-corrected chi connectivity index (χ0v) is 13.9. The van der Waals surface area contributed by atoms with Crippen molar-refractivity contribution in [3.8, 4) is 0 Å². The van der Waals surface area contributed by atoms with Gasteiger partial charge in [-0.3, -0.25) is 4.79 Å². The van der Waals surface area contributed by atoms with Crippen LogP contribution in [0.15, 0.2) is 24.3 Å². The molecule has 0 heterocycles. The lowest BCUT2D eigenvalue weighted by Gasteiger charge is -2.32. The van der Waals surface area contributed by atoms with Crippen molar-refractivity contribution in [2.75, 3.05) is 5.32 Å². The molecule has 0 saturated carbocycles. The number of ether oxygens (including phenoxy) is 1. The first-order valence-corrected chi connectivity index (χ1v) is 7.99. The highest BCUT2D eigenvalue weighted by Gasteiger charge is 2.22. The molecule has 1 unspecified atom stereocenters. The molecule has 1 rings (SSSR count). The molecule has 0 spiro atoms. The fourth-order valence-electron chi connectivity index (χ4n) is 2.59. The van der Waals surface area contributed by atoms with Gasteiger partial charge in [0, 0.05) is 18.2 Å². The second-order valence-corrected chi connectivity index (χ2v) is 6.02. The third kappa shape index (κ3) is 6.65. The summed E-state index contributed by atoms with van der Waals surface area (Å²) in [6.07, 6.45) is 6.00. The summed E-state index contributed by atoms with van der Waals surface area (Å²) in [4.78, 5) is 10.8. The van der Waals surface area contributed by atoms with Gasteiger partial charge in [0.1, 0.15) is 6.61 Å². The van der Waals surface area contributed by atoms with E-state index < -0.39 is 0 Å². The van der Waals surface area contributed by atoms with Gasteiger partial charge in [0.25, 0.3) is 0 Å². The molecule has 0 aliphatic heterocycles. The van der Waals surface area contributed by atoms with Crippen LogP contribution >= 0.6 is 0 Å². The first-order chi connectivity index (χ1) is 9.99. The van der Waals surface area contributed by atoms with Gasteiger partial charge in [0.05, 0.1) is 0 Å². The van der Waals surface area contributed by atoms with Gasteiger partial charge < -0.3 is 10.1 Å². The van der Waals surface area contributed by atoms with E-state index in [2.05, 4.69) is 38.2 Å². The second kappa shape index (κ2) is 8.71. The average molecular weight is 291 g/mol. The van der Waals surface area contributed by atoms with Gasteiger partial charge in [0.15, 0.2) is 0 Å². The number of rotatable bonds is 9. The fraction of sp³-hybridized carbons (Fsp3) is 0.611. The SMILES string of the molecule is CCCCC(C)(CCC)Nc1ccc(COC(C)=O)cc1. The minimum atomic E-state index is -0.243. The van der Waals surface area contributed by atoms with Gasteiger partial charge >= 0.3 is 5.97 Å². The summed E-state index contributed by atoms with van der Waals surface area (Å²) in [5.74, 6) is -0.243. The summed E-state index contributed by atoms with van der Waals surface area (Å²) in [6.45, 7) is 8.54. The fourth-order valence-corrected chi connectivity index (χ4v) is 2.59. The highest BCUT2D eigenvalue weighted by atomic mass is 16.5. The molecule has 1 aromatic rings. The van der Waals surface area contributed by atoms with Gasteiger partial charge in [-0.05, 0) is 37.5 Å². The zero-order valence-electron chi connectivity index (χ0n) is 13.9. The number of carbonyl (C=O) groups is 1. The molecule has 3 nitrogen and oxygen atoms in total. The highest BCUT2D eigenvalue weighted by molar-refractivity contribution is 5.65. The molecular formula is C18H29NO2. The lowest BCUT2D eigenvalue weighted by molar-refractivity contribution is -0.142. The van der Waals surface area contributed by atoms with E-state index in [4.69, 9.17) is 4.74 Å².